The molecular weight excluding hydrogens is 566 g/mol. The van der Waals surface area contributed by atoms with E-state index in [2.05, 4.69) is 31.2 Å². The second-order valence-corrected chi connectivity index (χ2v) is 10.6. The maximum Gasteiger partial charge on any atom is 0.255 e. The highest BCUT2D eigenvalue weighted by atomic mass is 16.5. The molecular formula is C31H39N7O6. The lowest BCUT2D eigenvalue weighted by Gasteiger charge is -2.27. The number of para-hydroxylation sites is 1. The van der Waals surface area contributed by atoms with Gasteiger partial charge in [-0.2, -0.15) is 0 Å². The third kappa shape index (κ3) is 9.12. The van der Waals surface area contributed by atoms with E-state index in [4.69, 9.17) is 10.5 Å². The van der Waals surface area contributed by atoms with Crippen LogP contribution in [0.4, 0.5) is 0 Å². The molecule has 0 bridgehead atoms. The van der Waals surface area contributed by atoms with Gasteiger partial charge >= 0.3 is 0 Å². The first-order chi connectivity index (χ1) is 21.4. The van der Waals surface area contributed by atoms with E-state index in [9.17, 15) is 24.3 Å². The molecule has 1 aliphatic rings. The van der Waals surface area contributed by atoms with Crippen LogP contribution < -0.4 is 31.7 Å². The number of fused-ring (bicyclic) bond motifs is 1. The Hall–Kier alpha value is -4.75. The number of unbranched alkanes of at least 4 members (excludes halogenated alkanes) is 1. The van der Waals surface area contributed by atoms with Crippen LogP contribution in [0.3, 0.4) is 0 Å². The average molecular weight is 606 g/mol. The van der Waals surface area contributed by atoms with Crippen LogP contribution in [0.5, 0.6) is 5.75 Å². The van der Waals surface area contributed by atoms with E-state index in [1.807, 2.05) is 30.3 Å². The van der Waals surface area contributed by atoms with Crippen molar-refractivity contribution in [3.05, 3.63) is 83.9 Å². The minimum atomic E-state index is -1.37. The number of carbonyl (C=O) groups excluding carboxylic acids is 4. The van der Waals surface area contributed by atoms with E-state index in [1.165, 1.54) is 18.6 Å². The van der Waals surface area contributed by atoms with E-state index in [0.29, 0.717) is 37.9 Å². The van der Waals surface area contributed by atoms with Crippen LogP contribution >= 0.6 is 0 Å². The normalized spacial score (nSPS) is 21.7. The summed E-state index contributed by atoms with van der Waals surface area (Å²) in [6, 6.07) is 12.1. The Morgan fingerprint density at radius 3 is 2.25 bits per heavy atom. The van der Waals surface area contributed by atoms with E-state index in [-0.39, 0.29) is 24.3 Å². The quantitative estimate of drug-likeness (QED) is 0.165. The molecule has 13 nitrogen and oxygen atoms in total. The summed E-state index contributed by atoms with van der Waals surface area (Å²) in [5, 5.41) is 21.0. The van der Waals surface area contributed by atoms with Gasteiger partial charge in [-0.1, -0.05) is 42.5 Å². The molecule has 4 rings (SSSR count). The number of amides is 4. The fourth-order valence-corrected chi connectivity index (χ4v) is 4.88. The van der Waals surface area contributed by atoms with Crippen molar-refractivity contribution in [3.63, 3.8) is 0 Å². The lowest BCUT2D eigenvalue weighted by Crippen LogP contribution is -2.59. The molecule has 1 aromatic heterocycles. The molecule has 1 aliphatic heterocycles. The van der Waals surface area contributed by atoms with Crippen molar-refractivity contribution in [2.45, 2.75) is 56.3 Å². The number of aliphatic hydroxyl groups excluding tert-OH is 1. The Morgan fingerprint density at radius 2 is 1.52 bits per heavy atom. The third-order valence-corrected chi connectivity index (χ3v) is 7.24. The predicted octanol–water partition coefficient (Wildman–Crippen LogP) is -0.0384. The minimum absolute atomic E-state index is 0.0146. The first kappa shape index (κ1) is 32.2. The molecule has 234 valence electrons. The summed E-state index contributed by atoms with van der Waals surface area (Å²) < 4.78 is 6.07. The van der Waals surface area contributed by atoms with Gasteiger partial charge in [0.25, 0.3) is 5.91 Å². The molecule has 4 amide bonds. The SMILES string of the molecule is NCCCC[C@@H]1NC(=O)[C@H](Cc2cnc[nH]2)NC(=O)[C@H](CO)NC(=O)c2ccccc2OC[C@H](Cc2ccccc2)NC1=O. The van der Waals surface area contributed by atoms with Crippen molar-refractivity contribution < 1.29 is 29.0 Å². The fourth-order valence-electron chi connectivity index (χ4n) is 4.88. The number of carbonyl (C=O) groups is 4. The molecule has 0 aliphatic carbocycles. The fraction of sp³-hybridized carbons (Fsp3) is 0.387. The molecule has 0 spiro atoms. The Kier molecular flexibility index (Phi) is 11.8. The second kappa shape index (κ2) is 16.2. The summed E-state index contributed by atoms with van der Waals surface area (Å²) in [7, 11) is 0. The molecule has 44 heavy (non-hydrogen) atoms. The minimum Gasteiger partial charge on any atom is -0.491 e. The molecule has 8 N–H and O–H groups in total. The largest absolute Gasteiger partial charge is 0.491 e. The van der Waals surface area contributed by atoms with Crippen LogP contribution in [0, 0.1) is 0 Å². The molecule has 2 heterocycles. The standard InChI is InChI=1S/C31H39N7O6/c32-13-7-6-11-24-29(41)35-22(14-20-8-2-1-3-9-20)18-44-27-12-5-4-10-23(27)28(40)38-26(17-39)31(43)37-25(30(42)36-24)15-21-16-33-19-34-21/h1-5,8-10,12,16,19,22,24-26,39H,6-7,11,13-15,17-18,32H2,(H,33,34)(H,35,41)(H,36,42)(H,37,43)(H,38,40)/t22-,24-,25-,26-/m0/s1. The van der Waals surface area contributed by atoms with Gasteiger partial charge in [-0.05, 0) is 49.9 Å². The van der Waals surface area contributed by atoms with Crippen LogP contribution in [0.2, 0.25) is 0 Å². The number of aromatic amines is 1. The number of hydrogen-bond donors (Lipinski definition) is 7. The van der Waals surface area contributed by atoms with Gasteiger partial charge in [0.15, 0.2) is 0 Å². The van der Waals surface area contributed by atoms with E-state index in [0.717, 1.165) is 5.56 Å². The maximum absolute atomic E-state index is 13.7. The van der Waals surface area contributed by atoms with E-state index in [1.54, 1.807) is 18.2 Å². The van der Waals surface area contributed by atoms with Crippen molar-refractivity contribution >= 4 is 23.6 Å². The number of nitrogens with two attached hydrogens (primary N) is 1. The first-order valence-corrected chi connectivity index (χ1v) is 14.6. The van der Waals surface area contributed by atoms with Crippen LogP contribution in [0.15, 0.2) is 67.1 Å². The second-order valence-electron chi connectivity index (χ2n) is 10.6. The third-order valence-electron chi connectivity index (χ3n) is 7.24. The highest BCUT2D eigenvalue weighted by Gasteiger charge is 2.31. The lowest BCUT2D eigenvalue weighted by molar-refractivity contribution is -0.133. The van der Waals surface area contributed by atoms with Crippen molar-refractivity contribution in [1.29, 1.82) is 0 Å². The number of imidazole rings is 1. The zero-order valence-electron chi connectivity index (χ0n) is 24.3. The van der Waals surface area contributed by atoms with Crippen molar-refractivity contribution in [2.75, 3.05) is 19.8 Å². The predicted molar refractivity (Wildman–Crippen MR) is 161 cm³/mol. The highest BCUT2D eigenvalue weighted by molar-refractivity contribution is 6.00. The Bertz CT molecular complexity index is 1390. The summed E-state index contributed by atoms with van der Waals surface area (Å²) >= 11 is 0. The molecule has 0 saturated heterocycles. The van der Waals surface area contributed by atoms with Gasteiger partial charge in [-0.25, -0.2) is 4.98 Å². The summed E-state index contributed by atoms with van der Waals surface area (Å²) in [6.07, 6.45) is 4.95. The van der Waals surface area contributed by atoms with Gasteiger partial charge in [-0.3, -0.25) is 19.2 Å². The number of ether oxygens (including phenoxy) is 1. The highest BCUT2D eigenvalue weighted by Crippen LogP contribution is 2.19. The van der Waals surface area contributed by atoms with Gasteiger partial charge in [0.1, 0.15) is 30.5 Å². The van der Waals surface area contributed by atoms with Gasteiger partial charge in [0.2, 0.25) is 17.7 Å². The topological polar surface area (TPSA) is 201 Å². The van der Waals surface area contributed by atoms with Crippen LogP contribution in [0.25, 0.3) is 0 Å². The molecule has 0 saturated carbocycles. The molecule has 3 aromatic rings. The van der Waals surface area contributed by atoms with Crippen molar-refractivity contribution in [1.82, 2.24) is 31.2 Å². The number of H-pyrrole nitrogens is 1. The smallest absolute Gasteiger partial charge is 0.255 e. The Labute approximate surface area is 255 Å². The number of benzene rings is 2. The van der Waals surface area contributed by atoms with Gasteiger partial charge in [-0.15, -0.1) is 0 Å². The number of hydrogen-bond acceptors (Lipinski definition) is 8. The summed E-state index contributed by atoms with van der Waals surface area (Å²) in [6.45, 7) is -0.276. The number of nitrogens with one attached hydrogen (secondary N) is 5. The molecule has 2 aromatic carbocycles. The van der Waals surface area contributed by atoms with E-state index < -0.39 is 54.4 Å². The number of aromatic nitrogens is 2. The van der Waals surface area contributed by atoms with Crippen LogP contribution in [-0.2, 0) is 27.2 Å². The lowest BCUT2D eigenvalue weighted by atomic mass is 10.0. The maximum atomic E-state index is 13.7. The molecule has 4 atom stereocenters. The van der Waals surface area contributed by atoms with E-state index >= 15 is 0 Å². The summed E-state index contributed by atoms with van der Waals surface area (Å²) in [4.78, 5) is 60.7. The Morgan fingerprint density at radius 1 is 0.818 bits per heavy atom. The molecule has 0 fully saturated rings. The molecule has 13 heteroatoms. The van der Waals surface area contributed by atoms with Crippen LogP contribution in [0.1, 0.15) is 40.9 Å². The van der Waals surface area contributed by atoms with Crippen LogP contribution in [-0.4, -0.2) is 82.6 Å². The van der Waals surface area contributed by atoms with Gasteiger partial charge in [0, 0.05) is 18.3 Å². The van der Waals surface area contributed by atoms with Gasteiger partial charge < -0.3 is 41.8 Å². The van der Waals surface area contributed by atoms with Crippen molar-refractivity contribution in [3.8, 4) is 5.75 Å². The van der Waals surface area contributed by atoms with Crippen molar-refractivity contribution in [2.24, 2.45) is 5.73 Å². The molecule has 0 unspecified atom stereocenters. The zero-order valence-corrected chi connectivity index (χ0v) is 24.3. The van der Waals surface area contributed by atoms with Gasteiger partial charge in [0.05, 0.1) is 24.5 Å². The summed E-state index contributed by atoms with van der Waals surface area (Å²) in [5.74, 6) is -2.22. The Balaban J connectivity index is 1.69. The monoisotopic (exact) mass is 605 g/mol. The number of nitrogens with zero attached hydrogens (tertiary/aromatic N) is 1. The molecule has 0 radical (unpaired) electrons. The zero-order chi connectivity index (χ0) is 31.3. The average Bonchev–Trinajstić information content (AvgIpc) is 3.55. The summed E-state index contributed by atoms with van der Waals surface area (Å²) in [5.41, 5.74) is 7.35. The number of aliphatic hydroxyl groups is 1. The first-order valence-electron chi connectivity index (χ1n) is 14.6. The number of rotatable bonds is 9.